The fourth-order valence-corrected chi connectivity index (χ4v) is 2.80. The minimum Gasteiger partial charge on any atom is -0.369 e. The Balaban J connectivity index is 2.23. The van der Waals surface area contributed by atoms with Crippen molar-refractivity contribution in [3.05, 3.63) is 40.6 Å². The highest BCUT2D eigenvalue weighted by molar-refractivity contribution is 9.10. The lowest BCUT2D eigenvalue weighted by Crippen LogP contribution is -2.01. The molecule has 0 atom stereocenters. The lowest BCUT2D eigenvalue weighted by Gasteiger charge is -2.08. The van der Waals surface area contributed by atoms with Crippen molar-refractivity contribution in [2.75, 3.05) is 11.9 Å². The molecule has 1 heterocycles. The van der Waals surface area contributed by atoms with Gasteiger partial charge in [0, 0.05) is 11.4 Å². The summed E-state index contributed by atoms with van der Waals surface area (Å²) in [6, 6.07) is 8.40. The SMILES string of the molecule is CCNc1ncnc(Sc2ccc(C)cc2)c1Br. The van der Waals surface area contributed by atoms with Crippen LogP contribution in [0.1, 0.15) is 12.5 Å². The molecule has 0 fully saturated rings. The molecule has 2 aromatic rings. The van der Waals surface area contributed by atoms with Crippen molar-refractivity contribution < 1.29 is 0 Å². The van der Waals surface area contributed by atoms with E-state index in [9.17, 15) is 0 Å². The van der Waals surface area contributed by atoms with Crippen LogP contribution in [-0.2, 0) is 0 Å². The summed E-state index contributed by atoms with van der Waals surface area (Å²) in [5, 5.41) is 4.12. The minimum atomic E-state index is 0.835. The Hall–Kier alpha value is -1.07. The summed E-state index contributed by atoms with van der Waals surface area (Å²) < 4.78 is 0.914. The molecule has 0 spiro atoms. The van der Waals surface area contributed by atoms with Gasteiger partial charge in [-0.3, -0.25) is 0 Å². The van der Waals surface area contributed by atoms with Gasteiger partial charge in [-0.2, -0.15) is 0 Å². The molecule has 94 valence electrons. The third-order valence-corrected chi connectivity index (χ3v) is 4.36. The highest BCUT2D eigenvalue weighted by Gasteiger charge is 2.09. The number of nitrogens with one attached hydrogen (secondary N) is 1. The van der Waals surface area contributed by atoms with Gasteiger partial charge in [0.05, 0.1) is 4.47 Å². The van der Waals surface area contributed by atoms with Crippen molar-refractivity contribution in [1.29, 1.82) is 0 Å². The van der Waals surface area contributed by atoms with Crippen LogP contribution in [0.2, 0.25) is 0 Å². The molecule has 1 N–H and O–H groups in total. The highest BCUT2D eigenvalue weighted by Crippen LogP contribution is 2.34. The van der Waals surface area contributed by atoms with E-state index in [2.05, 4.69) is 62.4 Å². The summed E-state index contributed by atoms with van der Waals surface area (Å²) in [6.07, 6.45) is 1.58. The molecular formula is C13H14BrN3S. The number of hydrogen-bond donors (Lipinski definition) is 1. The number of hydrogen-bond acceptors (Lipinski definition) is 4. The number of anilines is 1. The predicted octanol–water partition coefficient (Wildman–Crippen LogP) is 4.13. The summed E-state index contributed by atoms with van der Waals surface area (Å²) in [5.41, 5.74) is 1.26. The second-order valence-electron chi connectivity index (χ2n) is 3.79. The first-order valence-corrected chi connectivity index (χ1v) is 7.30. The van der Waals surface area contributed by atoms with Gasteiger partial charge in [0.2, 0.25) is 0 Å². The van der Waals surface area contributed by atoms with Crippen LogP contribution in [-0.4, -0.2) is 16.5 Å². The van der Waals surface area contributed by atoms with Crippen LogP contribution in [0.5, 0.6) is 0 Å². The first-order chi connectivity index (χ1) is 8.70. The van der Waals surface area contributed by atoms with Gasteiger partial charge in [0.1, 0.15) is 17.2 Å². The van der Waals surface area contributed by atoms with Gasteiger partial charge < -0.3 is 5.32 Å². The van der Waals surface area contributed by atoms with Gasteiger partial charge in [-0.15, -0.1) is 0 Å². The summed E-state index contributed by atoms with van der Waals surface area (Å²) in [5.74, 6) is 0.835. The molecule has 0 aliphatic carbocycles. The van der Waals surface area contributed by atoms with Crippen molar-refractivity contribution in [2.24, 2.45) is 0 Å². The van der Waals surface area contributed by atoms with Crippen LogP contribution in [0.15, 0.2) is 45.0 Å². The maximum atomic E-state index is 4.30. The van der Waals surface area contributed by atoms with E-state index in [1.165, 1.54) is 10.5 Å². The van der Waals surface area contributed by atoms with Gasteiger partial charge in [-0.1, -0.05) is 29.5 Å². The van der Waals surface area contributed by atoms with Crippen molar-refractivity contribution in [2.45, 2.75) is 23.8 Å². The lowest BCUT2D eigenvalue weighted by molar-refractivity contribution is 1.01. The van der Waals surface area contributed by atoms with E-state index in [0.717, 1.165) is 21.9 Å². The molecule has 0 amide bonds. The maximum Gasteiger partial charge on any atom is 0.144 e. The second kappa shape index (κ2) is 6.20. The lowest BCUT2D eigenvalue weighted by atomic mass is 10.2. The Bertz CT molecular complexity index is 528. The molecule has 1 aromatic heterocycles. The molecule has 1 aromatic carbocycles. The molecule has 0 saturated heterocycles. The molecule has 0 aliphatic heterocycles. The molecule has 0 unspecified atom stereocenters. The molecule has 0 saturated carbocycles. The van der Waals surface area contributed by atoms with Crippen molar-refractivity contribution in [1.82, 2.24) is 9.97 Å². The monoisotopic (exact) mass is 323 g/mol. The first kappa shape index (κ1) is 13.4. The molecular weight excluding hydrogens is 310 g/mol. The van der Waals surface area contributed by atoms with Crippen molar-refractivity contribution >= 4 is 33.5 Å². The van der Waals surface area contributed by atoms with Crippen molar-refractivity contribution in [3.8, 4) is 0 Å². The van der Waals surface area contributed by atoms with Gasteiger partial charge in [-0.05, 0) is 41.9 Å². The molecule has 5 heteroatoms. The summed E-state index contributed by atoms with van der Waals surface area (Å²) in [6.45, 7) is 4.96. The van der Waals surface area contributed by atoms with E-state index >= 15 is 0 Å². The van der Waals surface area contributed by atoms with Crippen LogP contribution < -0.4 is 5.32 Å². The minimum absolute atomic E-state index is 0.835. The molecule has 3 nitrogen and oxygen atoms in total. The fraction of sp³-hybridized carbons (Fsp3) is 0.231. The Kier molecular flexibility index (Phi) is 4.60. The average Bonchev–Trinajstić information content (AvgIpc) is 2.37. The van der Waals surface area contributed by atoms with E-state index in [0.29, 0.717) is 0 Å². The second-order valence-corrected chi connectivity index (χ2v) is 5.64. The topological polar surface area (TPSA) is 37.8 Å². The number of aryl methyl sites for hydroxylation is 1. The molecule has 0 bridgehead atoms. The van der Waals surface area contributed by atoms with Crippen LogP contribution in [0, 0.1) is 6.92 Å². The zero-order valence-electron chi connectivity index (χ0n) is 10.3. The van der Waals surface area contributed by atoms with E-state index in [1.807, 2.05) is 6.92 Å². The Morgan fingerprint density at radius 2 is 1.94 bits per heavy atom. The zero-order chi connectivity index (χ0) is 13.0. The third-order valence-electron chi connectivity index (χ3n) is 2.34. The number of nitrogens with zero attached hydrogens (tertiary/aromatic N) is 2. The van der Waals surface area contributed by atoms with Gasteiger partial charge in [0.15, 0.2) is 0 Å². The Labute approximate surface area is 120 Å². The third kappa shape index (κ3) is 3.23. The fourth-order valence-electron chi connectivity index (χ4n) is 1.43. The van der Waals surface area contributed by atoms with Gasteiger partial charge >= 0.3 is 0 Å². The first-order valence-electron chi connectivity index (χ1n) is 5.69. The molecule has 0 radical (unpaired) electrons. The summed E-state index contributed by atoms with van der Waals surface area (Å²) >= 11 is 5.17. The zero-order valence-corrected chi connectivity index (χ0v) is 12.7. The number of aromatic nitrogens is 2. The standard InChI is InChI=1S/C13H14BrN3S/c1-3-15-12-11(14)13(17-8-16-12)18-10-6-4-9(2)5-7-10/h4-8H,3H2,1-2H3,(H,15,16,17). The summed E-state index contributed by atoms with van der Waals surface area (Å²) in [7, 11) is 0. The van der Waals surface area contributed by atoms with Crippen LogP contribution in [0.25, 0.3) is 0 Å². The van der Waals surface area contributed by atoms with E-state index in [1.54, 1.807) is 18.1 Å². The Morgan fingerprint density at radius 3 is 2.61 bits per heavy atom. The highest BCUT2D eigenvalue weighted by atomic mass is 79.9. The van der Waals surface area contributed by atoms with Crippen LogP contribution >= 0.6 is 27.7 Å². The van der Waals surface area contributed by atoms with E-state index in [4.69, 9.17) is 0 Å². The summed E-state index contributed by atoms with van der Waals surface area (Å²) in [4.78, 5) is 9.67. The number of benzene rings is 1. The largest absolute Gasteiger partial charge is 0.369 e. The average molecular weight is 324 g/mol. The van der Waals surface area contributed by atoms with E-state index < -0.39 is 0 Å². The quantitative estimate of drug-likeness (QED) is 0.858. The maximum absolute atomic E-state index is 4.30. The van der Waals surface area contributed by atoms with Crippen molar-refractivity contribution in [3.63, 3.8) is 0 Å². The molecule has 0 aliphatic rings. The Morgan fingerprint density at radius 1 is 1.22 bits per heavy atom. The number of rotatable bonds is 4. The van der Waals surface area contributed by atoms with Gasteiger partial charge in [-0.25, -0.2) is 9.97 Å². The van der Waals surface area contributed by atoms with Gasteiger partial charge in [0.25, 0.3) is 0 Å². The van der Waals surface area contributed by atoms with Crippen LogP contribution in [0.4, 0.5) is 5.82 Å². The number of halogens is 1. The smallest absolute Gasteiger partial charge is 0.144 e. The van der Waals surface area contributed by atoms with E-state index in [-0.39, 0.29) is 0 Å². The normalized spacial score (nSPS) is 10.4. The molecule has 2 rings (SSSR count). The molecule has 18 heavy (non-hydrogen) atoms. The predicted molar refractivity (Wildman–Crippen MR) is 79.2 cm³/mol. The van der Waals surface area contributed by atoms with Crippen LogP contribution in [0.3, 0.4) is 0 Å².